The molecule has 0 aromatic carbocycles. The molecule has 0 aliphatic rings. The minimum absolute atomic E-state index is 0.201. The van der Waals surface area contributed by atoms with E-state index in [-0.39, 0.29) is 6.42 Å². The Morgan fingerprint density at radius 3 is 1.86 bits per heavy atom. The molecule has 7 N–H and O–H groups in total. The van der Waals surface area contributed by atoms with Gasteiger partial charge in [-0.2, -0.15) is 11.8 Å². The zero-order valence-corrected chi connectivity index (χ0v) is 17.7. The molecule has 0 aliphatic heterocycles. The lowest BCUT2D eigenvalue weighted by molar-refractivity contribution is -0.143. The average molecular weight is 435 g/mol. The number of nitrogens with one attached hydrogen (secondary N) is 3. The van der Waals surface area contributed by atoms with E-state index in [4.69, 9.17) is 10.8 Å². The number of thioether (sulfide) groups is 1. The Kier molecular flexibility index (Phi) is 11.9. The summed E-state index contributed by atoms with van der Waals surface area (Å²) in [6.07, 6.45) is 1.30. The topological polar surface area (TPSA) is 188 Å². The first kappa shape index (κ1) is 26.7. The number of hydrogen-bond acceptors (Lipinski definition) is 7. The average Bonchev–Trinajstić information content (AvgIpc) is 2.60. The van der Waals surface area contributed by atoms with Crippen LogP contribution in [0.2, 0.25) is 0 Å². The molecular weight excluding hydrogens is 404 g/mol. The van der Waals surface area contributed by atoms with Crippen LogP contribution in [-0.4, -0.2) is 76.0 Å². The van der Waals surface area contributed by atoms with Crippen molar-refractivity contribution in [2.75, 3.05) is 12.0 Å². The van der Waals surface area contributed by atoms with Crippen LogP contribution >= 0.6 is 11.8 Å². The molecule has 0 fully saturated rings. The van der Waals surface area contributed by atoms with Crippen LogP contribution in [0.25, 0.3) is 0 Å². The molecule has 0 heterocycles. The summed E-state index contributed by atoms with van der Waals surface area (Å²) in [5, 5.41) is 25.3. The molecule has 3 amide bonds. The maximum Gasteiger partial charge on any atom is 0.326 e. The maximum absolute atomic E-state index is 12.6. The molecule has 4 unspecified atom stereocenters. The van der Waals surface area contributed by atoms with Crippen molar-refractivity contribution in [3.05, 3.63) is 0 Å². The lowest BCUT2D eigenvalue weighted by Gasteiger charge is -2.26. The quantitative estimate of drug-likeness (QED) is 0.206. The van der Waals surface area contributed by atoms with E-state index in [0.29, 0.717) is 5.75 Å². The van der Waals surface area contributed by atoms with E-state index >= 15 is 0 Å². The van der Waals surface area contributed by atoms with Gasteiger partial charge < -0.3 is 31.9 Å². The molecule has 0 saturated carbocycles. The van der Waals surface area contributed by atoms with E-state index in [2.05, 4.69) is 16.0 Å². The smallest absolute Gasteiger partial charge is 0.326 e. The number of carbonyl (C=O) groups is 5. The number of carboxylic acids is 2. The van der Waals surface area contributed by atoms with Gasteiger partial charge in [0.2, 0.25) is 17.7 Å². The first-order chi connectivity index (χ1) is 13.4. The van der Waals surface area contributed by atoms with Crippen LogP contribution in [0.15, 0.2) is 0 Å². The van der Waals surface area contributed by atoms with Gasteiger partial charge in [0.15, 0.2) is 0 Å². The van der Waals surface area contributed by atoms with E-state index in [1.54, 1.807) is 20.1 Å². The van der Waals surface area contributed by atoms with E-state index in [1.165, 1.54) is 18.7 Å². The highest BCUT2D eigenvalue weighted by Crippen LogP contribution is 2.07. The Labute approximate surface area is 173 Å². The number of nitrogens with two attached hydrogens (primary N) is 1. The fourth-order valence-corrected chi connectivity index (χ4v) is 2.70. The largest absolute Gasteiger partial charge is 0.481 e. The van der Waals surface area contributed by atoms with Crippen molar-refractivity contribution in [1.82, 2.24) is 16.0 Å². The first-order valence-corrected chi connectivity index (χ1v) is 10.4. The highest BCUT2D eigenvalue weighted by atomic mass is 32.2. The standard InChI is InChI=1S/C17H30N4O7S/c1-8(2)13(16(26)19-10(17(27)28)5-6-29-4)21-15(25)11(7-12(22)23)20-14(24)9(3)18/h8-11,13H,5-7,18H2,1-4H3,(H,19,26)(H,20,24)(H,21,25)(H,22,23)(H,27,28). The van der Waals surface area contributed by atoms with Gasteiger partial charge in [-0.05, 0) is 31.3 Å². The molecule has 0 aromatic heterocycles. The molecule has 166 valence electrons. The predicted octanol–water partition coefficient (Wildman–Crippen LogP) is -1.24. The molecule has 0 aromatic rings. The molecule has 0 radical (unpaired) electrons. The zero-order valence-electron chi connectivity index (χ0n) is 16.9. The van der Waals surface area contributed by atoms with Crippen molar-refractivity contribution in [3.8, 4) is 0 Å². The summed E-state index contributed by atoms with van der Waals surface area (Å²) >= 11 is 1.43. The molecule has 0 spiro atoms. The highest BCUT2D eigenvalue weighted by Gasteiger charge is 2.32. The summed E-state index contributed by atoms with van der Waals surface area (Å²) in [6, 6.07) is -4.65. The van der Waals surface area contributed by atoms with Gasteiger partial charge in [0, 0.05) is 0 Å². The molecule has 12 heteroatoms. The number of aliphatic carboxylic acids is 2. The van der Waals surface area contributed by atoms with Gasteiger partial charge in [0.1, 0.15) is 18.1 Å². The Hall–Kier alpha value is -2.34. The Bertz CT molecular complexity index is 613. The number of rotatable bonds is 13. The van der Waals surface area contributed by atoms with E-state index in [0.717, 1.165) is 0 Å². The van der Waals surface area contributed by atoms with Gasteiger partial charge in [-0.3, -0.25) is 19.2 Å². The minimum atomic E-state index is -1.44. The second-order valence-electron chi connectivity index (χ2n) is 6.86. The summed E-state index contributed by atoms with van der Waals surface area (Å²) < 4.78 is 0. The summed E-state index contributed by atoms with van der Waals surface area (Å²) in [7, 11) is 0. The van der Waals surface area contributed by atoms with Gasteiger partial charge in [0.25, 0.3) is 0 Å². The van der Waals surface area contributed by atoms with Crippen LogP contribution in [0.3, 0.4) is 0 Å². The number of carboxylic acid groups (broad SMARTS) is 2. The Morgan fingerprint density at radius 2 is 1.45 bits per heavy atom. The van der Waals surface area contributed by atoms with Gasteiger partial charge in [0.05, 0.1) is 12.5 Å². The first-order valence-electron chi connectivity index (χ1n) is 9.00. The second kappa shape index (κ2) is 13.0. The van der Waals surface area contributed by atoms with Crippen LogP contribution < -0.4 is 21.7 Å². The van der Waals surface area contributed by atoms with Crippen LogP contribution in [0.5, 0.6) is 0 Å². The third-order valence-corrected chi connectivity index (χ3v) is 4.54. The number of hydrogen-bond donors (Lipinski definition) is 6. The molecule has 11 nitrogen and oxygen atoms in total. The summed E-state index contributed by atoms with van der Waals surface area (Å²) in [4.78, 5) is 59.2. The molecule has 4 atom stereocenters. The fourth-order valence-electron chi connectivity index (χ4n) is 2.23. The van der Waals surface area contributed by atoms with Crippen LogP contribution in [-0.2, 0) is 24.0 Å². The van der Waals surface area contributed by atoms with Crippen LogP contribution in [0.1, 0.15) is 33.6 Å². The molecule has 29 heavy (non-hydrogen) atoms. The van der Waals surface area contributed by atoms with E-state index < -0.39 is 66.2 Å². The van der Waals surface area contributed by atoms with E-state index in [9.17, 15) is 29.1 Å². The van der Waals surface area contributed by atoms with Gasteiger partial charge in [-0.15, -0.1) is 0 Å². The van der Waals surface area contributed by atoms with Crippen molar-refractivity contribution < 1.29 is 34.2 Å². The van der Waals surface area contributed by atoms with Crippen molar-refractivity contribution in [2.45, 2.75) is 57.8 Å². The molecule has 0 rings (SSSR count). The van der Waals surface area contributed by atoms with Gasteiger partial charge in [-0.1, -0.05) is 13.8 Å². The lowest BCUT2D eigenvalue weighted by Crippen LogP contribution is -2.58. The van der Waals surface area contributed by atoms with Crippen molar-refractivity contribution in [1.29, 1.82) is 0 Å². The highest BCUT2D eigenvalue weighted by molar-refractivity contribution is 7.98. The molecule has 0 saturated heterocycles. The fraction of sp³-hybridized carbons (Fsp3) is 0.706. The van der Waals surface area contributed by atoms with Crippen molar-refractivity contribution in [2.24, 2.45) is 11.7 Å². The minimum Gasteiger partial charge on any atom is -0.481 e. The molecular formula is C17H30N4O7S. The summed E-state index contributed by atoms with van der Waals surface area (Å²) in [5.41, 5.74) is 5.42. The number of carbonyl (C=O) groups excluding carboxylic acids is 3. The van der Waals surface area contributed by atoms with Crippen LogP contribution in [0.4, 0.5) is 0 Å². The van der Waals surface area contributed by atoms with E-state index in [1.807, 2.05) is 0 Å². The third kappa shape index (κ3) is 10.1. The predicted molar refractivity (Wildman–Crippen MR) is 107 cm³/mol. The second-order valence-corrected chi connectivity index (χ2v) is 7.84. The normalized spacial score (nSPS) is 15.0. The summed E-state index contributed by atoms with van der Waals surface area (Å²) in [6.45, 7) is 4.64. The Balaban J connectivity index is 5.32. The lowest BCUT2D eigenvalue weighted by atomic mass is 10.0. The summed E-state index contributed by atoms with van der Waals surface area (Å²) in [5.74, 6) is -4.76. The van der Waals surface area contributed by atoms with Gasteiger partial charge >= 0.3 is 11.9 Å². The van der Waals surface area contributed by atoms with Crippen LogP contribution in [0, 0.1) is 5.92 Å². The molecule has 0 aliphatic carbocycles. The number of amides is 3. The van der Waals surface area contributed by atoms with Gasteiger partial charge in [-0.25, -0.2) is 4.79 Å². The monoisotopic (exact) mass is 434 g/mol. The zero-order chi connectivity index (χ0) is 22.7. The molecule has 0 bridgehead atoms. The third-order valence-electron chi connectivity index (χ3n) is 3.90. The van der Waals surface area contributed by atoms with Crippen molar-refractivity contribution in [3.63, 3.8) is 0 Å². The maximum atomic E-state index is 12.6. The Morgan fingerprint density at radius 1 is 0.897 bits per heavy atom. The SMILES string of the molecule is CSCCC(NC(=O)C(NC(=O)C(CC(=O)O)NC(=O)C(C)N)C(C)C)C(=O)O. The van der Waals surface area contributed by atoms with Crippen molar-refractivity contribution >= 4 is 41.4 Å².